The van der Waals surface area contributed by atoms with E-state index in [0.717, 1.165) is 30.2 Å². The Kier molecular flexibility index (Phi) is 7.90. The number of hydrogen-bond donors (Lipinski definition) is 1. The third-order valence-corrected chi connectivity index (χ3v) is 3.65. The molecule has 1 aromatic heterocycles. The summed E-state index contributed by atoms with van der Waals surface area (Å²) in [5, 5.41) is 5.31. The zero-order valence-corrected chi connectivity index (χ0v) is 13.5. The number of thiophene rings is 1. The van der Waals surface area contributed by atoms with Crippen molar-refractivity contribution in [1.82, 2.24) is 5.32 Å². The van der Waals surface area contributed by atoms with Crippen LogP contribution in [0.15, 0.2) is 48.4 Å². The van der Waals surface area contributed by atoms with Crippen molar-refractivity contribution < 1.29 is 21.9 Å². The van der Waals surface area contributed by atoms with Gasteiger partial charge in [0.2, 0.25) is 0 Å². The van der Waals surface area contributed by atoms with Gasteiger partial charge in [-0.3, -0.25) is 0 Å². The molecule has 0 radical (unpaired) electrons. The Morgan fingerprint density at radius 1 is 1.29 bits per heavy atom. The van der Waals surface area contributed by atoms with Gasteiger partial charge in [0.15, 0.2) is 11.5 Å². The van der Waals surface area contributed by atoms with Crippen molar-refractivity contribution in [3.05, 3.63) is 58.8 Å². The van der Waals surface area contributed by atoms with Crippen LogP contribution >= 0.6 is 11.3 Å². The predicted molar refractivity (Wildman–Crippen MR) is 83.5 cm³/mol. The van der Waals surface area contributed by atoms with Crippen molar-refractivity contribution >= 4 is 11.3 Å². The molecular weight excluding hydrogens is 306 g/mol. The van der Waals surface area contributed by atoms with Crippen LogP contribution in [-0.2, 0) is 13.2 Å². The summed E-state index contributed by atoms with van der Waals surface area (Å²) in [6.45, 7) is 5.83. The summed E-state index contributed by atoms with van der Waals surface area (Å²) in [4.78, 5) is 1.20. The van der Waals surface area contributed by atoms with Crippen LogP contribution in [0.1, 0.15) is 10.4 Å². The van der Waals surface area contributed by atoms with Crippen LogP contribution in [-0.4, -0.2) is 13.7 Å². The van der Waals surface area contributed by atoms with Crippen molar-refractivity contribution in [1.29, 1.82) is 0 Å². The molecule has 0 spiro atoms. The van der Waals surface area contributed by atoms with E-state index in [0.29, 0.717) is 6.61 Å². The molecule has 0 amide bonds. The van der Waals surface area contributed by atoms with E-state index in [1.807, 2.05) is 35.7 Å². The Bertz CT molecular complexity index is 543. The number of rotatable bonds is 8. The summed E-state index contributed by atoms with van der Waals surface area (Å²) in [5.41, 5.74) is 1.16. The summed E-state index contributed by atoms with van der Waals surface area (Å²) in [7, 11) is 1.66. The van der Waals surface area contributed by atoms with Crippen LogP contribution in [0.4, 0.5) is 0 Å². The zero-order valence-electron chi connectivity index (χ0n) is 12.0. The van der Waals surface area contributed by atoms with Gasteiger partial charge in [0.25, 0.3) is 0 Å². The predicted octanol–water partition coefficient (Wildman–Crippen LogP) is 0.615. The van der Waals surface area contributed by atoms with Crippen molar-refractivity contribution in [2.75, 3.05) is 13.7 Å². The SMILES string of the molecule is C=CCNCc1ccc(OCc2cccs2)c(OC)c1.[Cl-]. The van der Waals surface area contributed by atoms with Crippen molar-refractivity contribution in [2.45, 2.75) is 13.2 Å². The fraction of sp³-hybridized carbons (Fsp3) is 0.250. The highest BCUT2D eigenvalue weighted by Crippen LogP contribution is 2.29. The van der Waals surface area contributed by atoms with Gasteiger partial charge >= 0.3 is 0 Å². The van der Waals surface area contributed by atoms with Gasteiger partial charge in [-0.2, -0.15) is 0 Å². The number of hydrogen-bond acceptors (Lipinski definition) is 4. The third-order valence-electron chi connectivity index (χ3n) is 2.80. The van der Waals surface area contributed by atoms with Gasteiger partial charge in [0, 0.05) is 18.0 Å². The first-order valence-corrected chi connectivity index (χ1v) is 7.35. The standard InChI is InChI=1S/C16H19NO2S.ClH/c1-3-8-17-11-13-6-7-15(16(10-13)18-2)19-12-14-5-4-9-20-14;/h3-7,9-10,17H,1,8,11-12H2,2H3;1H/p-1. The minimum absolute atomic E-state index is 0. The van der Waals surface area contributed by atoms with E-state index < -0.39 is 0 Å². The molecule has 0 atom stereocenters. The van der Waals surface area contributed by atoms with E-state index in [4.69, 9.17) is 9.47 Å². The molecule has 2 aromatic rings. The smallest absolute Gasteiger partial charge is 0.161 e. The average Bonchev–Trinajstić information content (AvgIpc) is 2.99. The first-order valence-electron chi connectivity index (χ1n) is 6.47. The molecule has 0 saturated carbocycles. The zero-order chi connectivity index (χ0) is 14.2. The molecule has 114 valence electrons. The molecule has 0 aliphatic carbocycles. The Labute approximate surface area is 136 Å². The molecule has 21 heavy (non-hydrogen) atoms. The van der Waals surface area contributed by atoms with E-state index in [1.165, 1.54) is 4.88 Å². The van der Waals surface area contributed by atoms with Crippen molar-refractivity contribution in [2.24, 2.45) is 0 Å². The first kappa shape index (κ1) is 17.6. The Morgan fingerprint density at radius 2 is 2.14 bits per heavy atom. The Balaban J connectivity index is 0.00000220. The van der Waals surface area contributed by atoms with Gasteiger partial charge in [0.1, 0.15) is 6.61 Å². The Hall–Kier alpha value is -1.49. The van der Waals surface area contributed by atoms with E-state index in [1.54, 1.807) is 18.4 Å². The van der Waals surface area contributed by atoms with Crippen LogP contribution in [0.2, 0.25) is 0 Å². The molecule has 0 bridgehead atoms. The summed E-state index contributed by atoms with van der Waals surface area (Å²) in [5.74, 6) is 1.54. The molecule has 1 N–H and O–H groups in total. The number of halogens is 1. The monoisotopic (exact) mass is 324 g/mol. The summed E-state index contributed by atoms with van der Waals surface area (Å²) < 4.78 is 11.2. The largest absolute Gasteiger partial charge is 1.00 e. The van der Waals surface area contributed by atoms with Crippen LogP contribution in [0.5, 0.6) is 11.5 Å². The average molecular weight is 325 g/mol. The summed E-state index contributed by atoms with van der Waals surface area (Å²) >= 11 is 1.69. The maximum Gasteiger partial charge on any atom is 0.161 e. The number of benzene rings is 1. The third kappa shape index (κ3) is 5.42. The van der Waals surface area contributed by atoms with Gasteiger partial charge in [-0.1, -0.05) is 18.2 Å². The highest BCUT2D eigenvalue weighted by Gasteiger charge is 2.06. The molecule has 0 fully saturated rings. The van der Waals surface area contributed by atoms with E-state index >= 15 is 0 Å². The van der Waals surface area contributed by atoms with Crippen LogP contribution < -0.4 is 27.2 Å². The molecule has 3 nitrogen and oxygen atoms in total. The maximum absolute atomic E-state index is 5.80. The number of nitrogens with one attached hydrogen (secondary N) is 1. The van der Waals surface area contributed by atoms with Crippen LogP contribution in [0, 0.1) is 0 Å². The molecule has 0 aliphatic heterocycles. The van der Waals surface area contributed by atoms with E-state index in [-0.39, 0.29) is 12.4 Å². The first-order chi connectivity index (χ1) is 9.83. The lowest BCUT2D eigenvalue weighted by molar-refractivity contribution is -0.00000460. The van der Waals surface area contributed by atoms with E-state index in [2.05, 4.69) is 18.0 Å². The fourth-order valence-corrected chi connectivity index (χ4v) is 2.42. The summed E-state index contributed by atoms with van der Waals surface area (Å²) in [6, 6.07) is 10.1. The molecule has 2 rings (SSSR count). The second-order valence-corrected chi connectivity index (χ2v) is 5.31. The van der Waals surface area contributed by atoms with Gasteiger partial charge < -0.3 is 27.2 Å². The van der Waals surface area contributed by atoms with Crippen molar-refractivity contribution in [3.8, 4) is 11.5 Å². The molecule has 1 aromatic carbocycles. The van der Waals surface area contributed by atoms with Gasteiger partial charge in [0.05, 0.1) is 7.11 Å². The quantitative estimate of drug-likeness (QED) is 0.570. The highest BCUT2D eigenvalue weighted by atomic mass is 35.5. The van der Waals surface area contributed by atoms with Gasteiger partial charge in [-0.15, -0.1) is 17.9 Å². The van der Waals surface area contributed by atoms with Crippen molar-refractivity contribution in [3.63, 3.8) is 0 Å². The fourth-order valence-electron chi connectivity index (χ4n) is 1.80. The molecule has 0 aliphatic rings. The topological polar surface area (TPSA) is 30.5 Å². The minimum atomic E-state index is 0. The van der Waals surface area contributed by atoms with Crippen LogP contribution in [0.3, 0.4) is 0 Å². The van der Waals surface area contributed by atoms with Crippen LogP contribution in [0.25, 0.3) is 0 Å². The normalized spacial score (nSPS) is 9.76. The molecule has 1 heterocycles. The lowest BCUT2D eigenvalue weighted by Gasteiger charge is -2.12. The second kappa shape index (κ2) is 9.45. The van der Waals surface area contributed by atoms with Gasteiger partial charge in [-0.25, -0.2) is 0 Å². The number of ether oxygens (including phenoxy) is 2. The Morgan fingerprint density at radius 3 is 2.81 bits per heavy atom. The second-order valence-electron chi connectivity index (χ2n) is 4.27. The molecule has 0 unspecified atom stereocenters. The summed E-state index contributed by atoms with van der Waals surface area (Å²) in [6.07, 6.45) is 1.84. The maximum atomic E-state index is 5.80. The lowest BCUT2D eigenvalue weighted by Crippen LogP contribution is -3.00. The molecule has 0 saturated heterocycles. The molecular formula is C16H19ClNO2S-. The number of methoxy groups -OCH3 is 1. The lowest BCUT2D eigenvalue weighted by atomic mass is 10.2. The highest BCUT2D eigenvalue weighted by molar-refractivity contribution is 7.09. The minimum Gasteiger partial charge on any atom is -1.00 e. The van der Waals surface area contributed by atoms with Gasteiger partial charge in [-0.05, 0) is 29.1 Å². The molecule has 5 heteroatoms. The van der Waals surface area contributed by atoms with E-state index in [9.17, 15) is 0 Å².